The number of rotatable bonds is 1. The second-order valence-electron chi connectivity index (χ2n) is 2.62. The van der Waals surface area contributed by atoms with Gasteiger partial charge in [-0.1, -0.05) is 0 Å². The molecule has 1 unspecified atom stereocenters. The SMILES string of the molecule is N#CC(N)c1cn2nccc2cn1. The maximum atomic E-state index is 8.57. The van der Waals surface area contributed by atoms with Gasteiger partial charge >= 0.3 is 0 Å². The molecule has 5 heteroatoms. The Morgan fingerprint density at radius 3 is 3.23 bits per heavy atom. The number of aromatic nitrogens is 3. The van der Waals surface area contributed by atoms with Crippen molar-refractivity contribution < 1.29 is 0 Å². The van der Waals surface area contributed by atoms with Gasteiger partial charge in [0.15, 0.2) is 0 Å². The van der Waals surface area contributed by atoms with Gasteiger partial charge in [-0.25, -0.2) is 4.52 Å². The lowest BCUT2D eigenvalue weighted by molar-refractivity contribution is 0.831. The lowest BCUT2D eigenvalue weighted by Gasteiger charge is -2.01. The molecule has 13 heavy (non-hydrogen) atoms. The molecule has 0 amide bonds. The number of hydrogen-bond donors (Lipinski definition) is 1. The van der Waals surface area contributed by atoms with Crippen molar-refractivity contribution in [1.29, 1.82) is 5.26 Å². The van der Waals surface area contributed by atoms with E-state index in [1.54, 1.807) is 23.1 Å². The van der Waals surface area contributed by atoms with Crippen molar-refractivity contribution in [2.45, 2.75) is 6.04 Å². The first-order chi connectivity index (χ1) is 6.31. The predicted molar refractivity (Wildman–Crippen MR) is 45.5 cm³/mol. The Bertz CT molecular complexity index is 467. The van der Waals surface area contributed by atoms with Crippen LogP contribution in [-0.4, -0.2) is 14.6 Å². The van der Waals surface area contributed by atoms with Crippen molar-refractivity contribution in [3.8, 4) is 6.07 Å². The highest BCUT2D eigenvalue weighted by molar-refractivity contribution is 5.42. The zero-order valence-corrected chi connectivity index (χ0v) is 6.75. The zero-order chi connectivity index (χ0) is 9.26. The molecule has 0 aliphatic heterocycles. The van der Waals surface area contributed by atoms with Crippen LogP contribution in [0, 0.1) is 11.3 Å². The highest BCUT2D eigenvalue weighted by atomic mass is 15.2. The van der Waals surface area contributed by atoms with Gasteiger partial charge in [0.2, 0.25) is 0 Å². The Labute approximate surface area is 74.4 Å². The van der Waals surface area contributed by atoms with E-state index in [1.807, 2.05) is 12.1 Å². The Hall–Kier alpha value is -1.93. The van der Waals surface area contributed by atoms with Gasteiger partial charge in [0, 0.05) is 0 Å². The first kappa shape index (κ1) is 7.71. The summed E-state index contributed by atoms with van der Waals surface area (Å²) >= 11 is 0. The molecule has 0 aliphatic rings. The number of fused-ring (bicyclic) bond motifs is 1. The molecule has 2 aromatic rings. The van der Waals surface area contributed by atoms with Crippen LogP contribution in [-0.2, 0) is 0 Å². The van der Waals surface area contributed by atoms with E-state index in [2.05, 4.69) is 10.1 Å². The highest BCUT2D eigenvalue weighted by Gasteiger charge is 2.06. The third-order valence-electron chi connectivity index (χ3n) is 1.76. The molecule has 0 spiro atoms. The van der Waals surface area contributed by atoms with Crippen molar-refractivity contribution in [3.63, 3.8) is 0 Å². The van der Waals surface area contributed by atoms with E-state index >= 15 is 0 Å². The van der Waals surface area contributed by atoms with Gasteiger partial charge < -0.3 is 5.73 Å². The molecule has 0 bridgehead atoms. The largest absolute Gasteiger partial charge is 0.311 e. The van der Waals surface area contributed by atoms with Crippen LogP contribution in [0.1, 0.15) is 11.7 Å². The lowest BCUT2D eigenvalue weighted by Crippen LogP contribution is -2.10. The van der Waals surface area contributed by atoms with Crippen LogP contribution >= 0.6 is 0 Å². The van der Waals surface area contributed by atoms with E-state index in [-0.39, 0.29) is 0 Å². The maximum Gasteiger partial charge on any atom is 0.137 e. The topological polar surface area (TPSA) is 80.0 Å². The maximum absolute atomic E-state index is 8.57. The van der Waals surface area contributed by atoms with Crippen LogP contribution in [0.15, 0.2) is 24.7 Å². The van der Waals surface area contributed by atoms with E-state index in [0.717, 1.165) is 5.52 Å². The van der Waals surface area contributed by atoms with E-state index in [1.165, 1.54) is 0 Å². The highest BCUT2D eigenvalue weighted by Crippen LogP contribution is 2.07. The molecule has 1 atom stereocenters. The molecule has 5 nitrogen and oxygen atoms in total. The summed E-state index contributed by atoms with van der Waals surface area (Å²) in [4.78, 5) is 4.04. The lowest BCUT2D eigenvalue weighted by atomic mass is 10.2. The first-order valence-electron chi connectivity index (χ1n) is 3.76. The normalized spacial score (nSPS) is 12.6. The van der Waals surface area contributed by atoms with Crippen LogP contribution in [0.5, 0.6) is 0 Å². The molecule has 0 radical (unpaired) electrons. The van der Waals surface area contributed by atoms with Crippen molar-refractivity contribution in [1.82, 2.24) is 14.6 Å². The minimum atomic E-state index is -0.686. The predicted octanol–water partition coefficient (Wildman–Crippen LogP) is 0.253. The number of nitriles is 1. The van der Waals surface area contributed by atoms with Crippen LogP contribution in [0.4, 0.5) is 0 Å². The summed E-state index contributed by atoms with van der Waals surface area (Å²) in [7, 11) is 0. The number of nitrogens with zero attached hydrogens (tertiary/aromatic N) is 4. The van der Waals surface area contributed by atoms with E-state index in [0.29, 0.717) is 5.69 Å². The van der Waals surface area contributed by atoms with Gasteiger partial charge in [0.05, 0.1) is 35.9 Å². The van der Waals surface area contributed by atoms with E-state index < -0.39 is 6.04 Å². The van der Waals surface area contributed by atoms with Crippen molar-refractivity contribution in [2.24, 2.45) is 5.73 Å². The van der Waals surface area contributed by atoms with Crippen molar-refractivity contribution in [3.05, 3.63) is 30.4 Å². The summed E-state index contributed by atoms with van der Waals surface area (Å²) in [5.74, 6) is 0. The number of hydrogen-bond acceptors (Lipinski definition) is 4. The van der Waals surface area contributed by atoms with Gasteiger partial charge in [-0.05, 0) is 6.07 Å². The Kier molecular flexibility index (Phi) is 1.69. The third kappa shape index (κ3) is 1.23. The van der Waals surface area contributed by atoms with Gasteiger partial charge in [-0.15, -0.1) is 0 Å². The zero-order valence-electron chi connectivity index (χ0n) is 6.75. The van der Waals surface area contributed by atoms with Crippen LogP contribution in [0.25, 0.3) is 5.52 Å². The number of nitrogens with two attached hydrogens (primary N) is 1. The minimum absolute atomic E-state index is 0.527. The fourth-order valence-corrected chi connectivity index (χ4v) is 1.06. The third-order valence-corrected chi connectivity index (χ3v) is 1.76. The average molecular weight is 173 g/mol. The molecule has 0 aliphatic carbocycles. The molecule has 2 aromatic heterocycles. The summed E-state index contributed by atoms with van der Waals surface area (Å²) < 4.78 is 1.64. The Morgan fingerprint density at radius 2 is 2.46 bits per heavy atom. The van der Waals surface area contributed by atoms with Crippen molar-refractivity contribution >= 4 is 5.52 Å². The molecule has 0 fully saturated rings. The second-order valence-corrected chi connectivity index (χ2v) is 2.62. The summed E-state index contributed by atoms with van der Waals surface area (Å²) in [5, 5.41) is 12.6. The summed E-state index contributed by atoms with van der Waals surface area (Å²) in [6, 6.07) is 3.05. The van der Waals surface area contributed by atoms with Gasteiger partial charge in [-0.3, -0.25) is 4.98 Å². The van der Waals surface area contributed by atoms with E-state index in [4.69, 9.17) is 11.0 Å². The van der Waals surface area contributed by atoms with Crippen LogP contribution in [0.3, 0.4) is 0 Å². The smallest absolute Gasteiger partial charge is 0.137 e. The van der Waals surface area contributed by atoms with Crippen molar-refractivity contribution in [2.75, 3.05) is 0 Å². The molecule has 0 saturated carbocycles. The first-order valence-corrected chi connectivity index (χ1v) is 3.76. The van der Waals surface area contributed by atoms with Gasteiger partial charge in [0.1, 0.15) is 6.04 Å². The molecular weight excluding hydrogens is 166 g/mol. The quantitative estimate of drug-likeness (QED) is 0.670. The second kappa shape index (κ2) is 2.84. The Morgan fingerprint density at radius 1 is 1.62 bits per heavy atom. The van der Waals surface area contributed by atoms with Crippen LogP contribution in [0.2, 0.25) is 0 Å². The fourth-order valence-electron chi connectivity index (χ4n) is 1.06. The monoisotopic (exact) mass is 173 g/mol. The average Bonchev–Trinajstić information content (AvgIpc) is 2.63. The molecule has 2 rings (SSSR count). The van der Waals surface area contributed by atoms with Crippen LogP contribution < -0.4 is 5.73 Å². The molecular formula is C8H7N5. The summed E-state index contributed by atoms with van der Waals surface area (Å²) in [6.45, 7) is 0. The minimum Gasteiger partial charge on any atom is -0.311 e. The van der Waals surface area contributed by atoms with Gasteiger partial charge in [-0.2, -0.15) is 10.4 Å². The molecule has 2 heterocycles. The summed E-state index contributed by atoms with van der Waals surface area (Å²) in [5.41, 5.74) is 6.90. The fraction of sp³-hybridized carbons (Fsp3) is 0.125. The van der Waals surface area contributed by atoms with Gasteiger partial charge in [0.25, 0.3) is 0 Å². The molecule has 0 saturated heterocycles. The van der Waals surface area contributed by atoms with E-state index in [9.17, 15) is 0 Å². The summed E-state index contributed by atoms with van der Waals surface area (Å²) in [6.07, 6.45) is 4.96. The standard InChI is InChI=1S/C8H7N5/c9-3-7(10)8-5-13-6(4-11-8)1-2-12-13/h1-2,4-5,7H,10H2. The Balaban J connectivity index is 2.55. The molecule has 64 valence electrons. The molecule has 2 N–H and O–H groups in total. The molecule has 0 aromatic carbocycles.